The predicted molar refractivity (Wildman–Crippen MR) is 66.7 cm³/mol. The first-order chi connectivity index (χ1) is 8.88. The van der Waals surface area contributed by atoms with E-state index < -0.39 is 11.4 Å². The maximum Gasteiger partial charge on any atom is 0.311 e. The average Bonchev–Trinajstić information content (AvgIpc) is 2.94. The number of nitrogens with zero attached hydrogens (tertiary/aromatic N) is 2. The molecule has 1 aliphatic heterocycles. The summed E-state index contributed by atoms with van der Waals surface area (Å²) in [4.78, 5) is 25.4. The van der Waals surface area contributed by atoms with Crippen LogP contribution < -0.4 is 0 Å². The summed E-state index contributed by atoms with van der Waals surface area (Å²) < 4.78 is 4.88. The number of carboxylic acids is 1. The minimum atomic E-state index is -0.846. The molecule has 0 bridgehead atoms. The molecule has 1 N–H and O–H groups in total. The Kier molecular flexibility index (Phi) is 3.34. The van der Waals surface area contributed by atoms with Crippen molar-refractivity contribution in [3.05, 3.63) is 17.5 Å². The Morgan fingerprint density at radius 1 is 1.53 bits per heavy atom. The van der Waals surface area contributed by atoms with E-state index in [0.29, 0.717) is 24.3 Å². The lowest BCUT2D eigenvalue weighted by molar-refractivity contribution is -0.150. The Morgan fingerprint density at radius 2 is 2.21 bits per heavy atom. The fourth-order valence-corrected chi connectivity index (χ4v) is 2.57. The monoisotopic (exact) mass is 266 g/mol. The van der Waals surface area contributed by atoms with Crippen molar-refractivity contribution in [1.82, 2.24) is 10.1 Å². The SMILES string of the molecule is Cc1oncc1C(=O)N1CCC(C(=O)O)(C(C)C)C1. The lowest BCUT2D eigenvalue weighted by atomic mass is 9.76. The van der Waals surface area contributed by atoms with Gasteiger partial charge in [0.25, 0.3) is 5.91 Å². The molecule has 6 heteroatoms. The van der Waals surface area contributed by atoms with Crippen molar-refractivity contribution in [3.63, 3.8) is 0 Å². The Balaban J connectivity index is 2.20. The minimum absolute atomic E-state index is 0.0219. The molecule has 1 atom stereocenters. The van der Waals surface area contributed by atoms with Gasteiger partial charge in [-0.2, -0.15) is 0 Å². The van der Waals surface area contributed by atoms with Gasteiger partial charge in [0.15, 0.2) is 0 Å². The van der Waals surface area contributed by atoms with E-state index in [1.165, 1.54) is 6.20 Å². The van der Waals surface area contributed by atoms with Gasteiger partial charge >= 0.3 is 5.97 Å². The normalized spacial score (nSPS) is 23.1. The van der Waals surface area contributed by atoms with Crippen LogP contribution in [-0.4, -0.2) is 40.1 Å². The zero-order chi connectivity index (χ0) is 14.2. The number of hydrogen-bond acceptors (Lipinski definition) is 4. The number of aromatic nitrogens is 1. The Labute approximate surface area is 111 Å². The van der Waals surface area contributed by atoms with Crippen LogP contribution in [-0.2, 0) is 4.79 Å². The van der Waals surface area contributed by atoms with Gasteiger partial charge in [-0.05, 0) is 19.3 Å². The van der Waals surface area contributed by atoms with E-state index in [4.69, 9.17) is 4.52 Å². The molecule has 1 aliphatic rings. The highest BCUT2D eigenvalue weighted by atomic mass is 16.5. The third-order valence-electron chi connectivity index (χ3n) is 4.10. The second kappa shape index (κ2) is 4.68. The molecule has 0 aromatic carbocycles. The van der Waals surface area contributed by atoms with Crippen LogP contribution in [0.2, 0.25) is 0 Å². The predicted octanol–water partition coefficient (Wildman–Crippen LogP) is 1.56. The maximum absolute atomic E-state index is 12.3. The zero-order valence-electron chi connectivity index (χ0n) is 11.3. The second-order valence-electron chi connectivity index (χ2n) is 5.39. The summed E-state index contributed by atoms with van der Waals surface area (Å²) >= 11 is 0. The fourth-order valence-electron chi connectivity index (χ4n) is 2.57. The van der Waals surface area contributed by atoms with Crippen LogP contribution in [0.4, 0.5) is 0 Å². The number of likely N-dealkylation sites (tertiary alicyclic amines) is 1. The molecule has 1 saturated heterocycles. The largest absolute Gasteiger partial charge is 0.481 e. The topological polar surface area (TPSA) is 83.6 Å². The molecule has 1 aromatic heterocycles. The first-order valence-electron chi connectivity index (χ1n) is 6.32. The van der Waals surface area contributed by atoms with E-state index in [-0.39, 0.29) is 18.4 Å². The van der Waals surface area contributed by atoms with E-state index in [9.17, 15) is 14.7 Å². The summed E-state index contributed by atoms with van der Waals surface area (Å²) in [5, 5.41) is 13.0. The standard InChI is InChI=1S/C13H18N2O4/c1-8(2)13(12(17)18)4-5-15(7-13)11(16)10-6-14-19-9(10)3/h6,8H,4-5,7H2,1-3H3,(H,17,18). The van der Waals surface area contributed by atoms with Crippen molar-refractivity contribution in [2.75, 3.05) is 13.1 Å². The van der Waals surface area contributed by atoms with Gasteiger partial charge in [0.1, 0.15) is 11.3 Å². The molecule has 0 radical (unpaired) electrons. The van der Waals surface area contributed by atoms with Crippen molar-refractivity contribution in [2.24, 2.45) is 11.3 Å². The van der Waals surface area contributed by atoms with Crippen LogP contribution in [0.1, 0.15) is 36.4 Å². The van der Waals surface area contributed by atoms with Crippen molar-refractivity contribution in [3.8, 4) is 0 Å². The number of aryl methyl sites for hydroxylation is 1. The van der Waals surface area contributed by atoms with Gasteiger partial charge in [0.2, 0.25) is 0 Å². The van der Waals surface area contributed by atoms with Gasteiger partial charge in [-0.15, -0.1) is 0 Å². The number of hydrogen-bond donors (Lipinski definition) is 1. The first-order valence-corrected chi connectivity index (χ1v) is 6.32. The number of carboxylic acid groups (broad SMARTS) is 1. The van der Waals surface area contributed by atoms with Crippen LogP contribution >= 0.6 is 0 Å². The number of carbonyl (C=O) groups is 2. The molecule has 0 saturated carbocycles. The molecule has 104 valence electrons. The molecule has 0 aliphatic carbocycles. The molecule has 1 fully saturated rings. The smallest absolute Gasteiger partial charge is 0.311 e. The third-order valence-corrected chi connectivity index (χ3v) is 4.10. The van der Waals surface area contributed by atoms with Gasteiger partial charge < -0.3 is 14.5 Å². The summed E-state index contributed by atoms with van der Waals surface area (Å²) in [6.07, 6.45) is 1.86. The van der Waals surface area contributed by atoms with Crippen molar-refractivity contribution < 1.29 is 19.2 Å². The summed E-state index contributed by atoms with van der Waals surface area (Å²) in [5.41, 5.74) is -0.439. The van der Waals surface area contributed by atoms with Crippen LogP contribution in [0.3, 0.4) is 0 Å². The summed E-state index contributed by atoms with van der Waals surface area (Å²) in [6.45, 7) is 6.13. The lowest BCUT2D eigenvalue weighted by Crippen LogP contribution is -2.40. The molecule has 1 amide bonds. The van der Waals surface area contributed by atoms with Crippen molar-refractivity contribution >= 4 is 11.9 Å². The highest BCUT2D eigenvalue weighted by molar-refractivity contribution is 5.95. The van der Waals surface area contributed by atoms with Gasteiger partial charge in [0, 0.05) is 13.1 Å². The van der Waals surface area contributed by atoms with Crippen LogP contribution in [0, 0.1) is 18.3 Å². The minimum Gasteiger partial charge on any atom is -0.481 e. The second-order valence-corrected chi connectivity index (χ2v) is 5.39. The summed E-state index contributed by atoms with van der Waals surface area (Å²) in [7, 11) is 0. The van der Waals surface area contributed by atoms with Gasteiger partial charge in [-0.25, -0.2) is 0 Å². The molecule has 1 aromatic rings. The quantitative estimate of drug-likeness (QED) is 0.897. The molecule has 2 rings (SSSR count). The highest BCUT2D eigenvalue weighted by Crippen LogP contribution is 2.38. The summed E-state index contributed by atoms with van der Waals surface area (Å²) in [5.74, 6) is -0.601. The number of amides is 1. The molecular weight excluding hydrogens is 248 g/mol. The Bertz CT molecular complexity index is 508. The van der Waals surface area contributed by atoms with Crippen LogP contribution in [0.25, 0.3) is 0 Å². The Morgan fingerprint density at radius 3 is 2.63 bits per heavy atom. The van der Waals surface area contributed by atoms with E-state index in [1.54, 1.807) is 11.8 Å². The Hall–Kier alpha value is -1.85. The molecule has 19 heavy (non-hydrogen) atoms. The number of carbonyl (C=O) groups excluding carboxylic acids is 1. The molecule has 1 unspecified atom stereocenters. The van der Waals surface area contributed by atoms with E-state index in [1.807, 2.05) is 13.8 Å². The van der Waals surface area contributed by atoms with Crippen LogP contribution in [0.5, 0.6) is 0 Å². The first kappa shape index (κ1) is 13.6. The van der Waals surface area contributed by atoms with Gasteiger partial charge in [-0.3, -0.25) is 9.59 Å². The van der Waals surface area contributed by atoms with E-state index >= 15 is 0 Å². The molecular formula is C13H18N2O4. The van der Waals surface area contributed by atoms with Gasteiger partial charge in [0.05, 0.1) is 11.6 Å². The zero-order valence-corrected chi connectivity index (χ0v) is 11.3. The van der Waals surface area contributed by atoms with Crippen molar-refractivity contribution in [1.29, 1.82) is 0 Å². The van der Waals surface area contributed by atoms with Crippen molar-refractivity contribution in [2.45, 2.75) is 27.2 Å². The molecule has 0 spiro atoms. The van der Waals surface area contributed by atoms with E-state index in [0.717, 1.165) is 0 Å². The lowest BCUT2D eigenvalue weighted by Gasteiger charge is -2.28. The fraction of sp³-hybridized carbons (Fsp3) is 0.615. The summed E-state index contributed by atoms with van der Waals surface area (Å²) in [6, 6.07) is 0. The molecule has 6 nitrogen and oxygen atoms in total. The maximum atomic E-state index is 12.3. The van der Waals surface area contributed by atoms with Gasteiger partial charge in [-0.1, -0.05) is 19.0 Å². The number of aliphatic carboxylic acids is 1. The highest BCUT2D eigenvalue weighted by Gasteiger charge is 2.48. The third kappa shape index (κ3) is 2.11. The molecule has 2 heterocycles. The number of rotatable bonds is 3. The van der Waals surface area contributed by atoms with Crippen LogP contribution in [0.15, 0.2) is 10.7 Å². The van der Waals surface area contributed by atoms with E-state index in [2.05, 4.69) is 5.16 Å². The average molecular weight is 266 g/mol.